The zero-order valence-corrected chi connectivity index (χ0v) is 20.2. The van der Waals surface area contributed by atoms with Gasteiger partial charge < -0.3 is 28.4 Å². The molecule has 5 N–H and O–H groups in total. The third kappa shape index (κ3) is 530. The van der Waals surface area contributed by atoms with Gasteiger partial charge in [-0.05, 0) is 0 Å². The van der Waals surface area contributed by atoms with E-state index in [4.69, 9.17) is 39.9 Å². The van der Waals surface area contributed by atoms with Crippen molar-refractivity contribution in [3.63, 3.8) is 0 Å². The van der Waals surface area contributed by atoms with Crippen molar-refractivity contribution in [1.82, 2.24) is 0 Å². The monoisotopic (exact) mass is 430 g/mol. The Morgan fingerprint density at radius 2 is 0.667 bits per heavy atom. The van der Waals surface area contributed by atoms with Crippen LogP contribution in [0.15, 0.2) is 0 Å². The second-order valence-corrected chi connectivity index (χ2v) is 3.49. The maximum Gasteiger partial charge on any atom is 1.00 e. The summed E-state index contributed by atoms with van der Waals surface area (Å²) in [5.74, 6) is -1.49. The average Bonchev–Trinajstić information content (AvgIpc) is 2.27. The molecule has 0 atom stereocenters. The molecule has 24 heavy (non-hydrogen) atoms. The molecule has 0 radical (unpaired) electrons. The van der Waals surface area contributed by atoms with E-state index in [-0.39, 0.29) is 74.8 Å². The Balaban J connectivity index is -0.0000000192. The van der Waals surface area contributed by atoms with Gasteiger partial charge in [0.1, 0.15) is 0 Å². The van der Waals surface area contributed by atoms with Crippen molar-refractivity contribution in [1.29, 1.82) is 0 Å². The van der Waals surface area contributed by atoms with Crippen LogP contribution in [0.1, 0.15) is 29.5 Å². The summed E-state index contributed by atoms with van der Waals surface area (Å²) in [7, 11) is 0. The van der Waals surface area contributed by atoms with Crippen LogP contribution >= 0.6 is 37.9 Å². The SMILES string of the molecule is CCC(=O)O.CCC(=O)O.O=C(O)S.O=C(O)S.O=C(O)S.[H-].[H-].[Na+].[Na+]. The molecule has 0 aromatic carbocycles. The fourth-order valence-electron chi connectivity index (χ4n) is 0. The van der Waals surface area contributed by atoms with Gasteiger partial charge >= 0.3 is 87.0 Å². The quantitative estimate of drug-likeness (QED) is 0.165. The number of aliphatic carboxylic acids is 2. The predicted molar refractivity (Wildman–Crippen MR) is 89.1 cm³/mol. The molecule has 0 aromatic heterocycles. The summed E-state index contributed by atoms with van der Waals surface area (Å²) in [5, 5.41) is 33.9. The minimum Gasteiger partial charge on any atom is -1.00 e. The van der Waals surface area contributed by atoms with Crippen molar-refractivity contribution >= 4 is 65.7 Å². The summed E-state index contributed by atoms with van der Waals surface area (Å²) in [6, 6.07) is 0. The first kappa shape index (κ1) is 44.1. The smallest absolute Gasteiger partial charge is 1.00 e. The van der Waals surface area contributed by atoms with Gasteiger partial charge in [-0.15, -0.1) is 0 Å². The Kier molecular flexibility index (Phi) is 71.3. The normalized spacial score (nSPS) is 6.21. The van der Waals surface area contributed by atoms with E-state index in [1.807, 2.05) is 0 Å². The zero-order chi connectivity index (χ0) is 19.3. The maximum atomic E-state index is 9.37. The van der Waals surface area contributed by atoms with Gasteiger partial charge in [0.2, 0.25) is 0 Å². The molecule has 0 saturated heterocycles. The average molecular weight is 430 g/mol. The summed E-state index contributed by atoms with van der Waals surface area (Å²) in [4.78, 5) is 45.3. The van der Waals surface area contributed by atoms with Crippen LogP contribution in [0.2, 0.25) is 0 Å². The van der Waals surface area contributed by atoms with Gasteiger partial charge in [-0.3, -0.25) is 9.59 Å². The van der Waals surface area contributed by atoms with Crippen LogP contribution < -0.4 is 59.1 Å². The van der Waals surface area contributed by atoms with Gasteiger partial charge in [-0.2, -0.15) is 0 Å². The largest absolute Gasteiger partial charge is 1.00 e. The van der Waals surface area contributed by atoms with Crippen LogP contribution in [0, 0.1) is 0 Å². The van der Waals surface area contributed by atoms with E-state index in [0.717, 1.165) is 0 Å². The van der Waals surface area contributed by atoms with Crippen molar-refractivity contribution in [2.24, 2.45) is 0 Å². The topological polar surface area (TPSA) is 186 Å². The molecular formula is C9H20Na2O10S3. The summed E-state index contributed by atoms with van der Waals surface area (Å²) < 4.78 is 0. The summed E-state index contributed by atoms with van der Waals surface area (Å²) in [6.07, 6.45) is 0.444. The Labute approximate surface area is 202 Å². The van der Waals surface area contributed by atoms with Crippen LogP contribution in [-0.2, 0) is 9.59 Å². The van der Waals surface area contributed by atoms with E-state index in [9.17, 15) is 9.59 Å². The number of carboxylic acids is 2. The minimum atomic E-state index is -1.14. The second-order valence-electron chi connectivity index (χ2n) is 2.34. The molecule has 0 aromatic rings. The van der Waals surface area contributed by atoms with Gasteiger partial charge in [-0.25, -0.2) is 14.4 Å². The molecular weight excluding hydrogens is 410 g/mol. The molecule has 0 aliphatic heterocycles. The molecule has 0 aliphatic carbocycles. The van der Waals surface area contributed by atoms with Gasteiger partial charge in [-0.1, -0.05) is 51.7 Å². The third-order valence-electron chi connectivity index (χ3n) is 0.605. The number of rotatable bonds is 2. The van der Waals surface area contributed by atoms with E-state index in [1.165, 1.54) is 0 Å². The molecule has 0 bridgehead atoms. The van der Waals surface area contributed by atoms with Crippen LogP contribution in [0.3, 0.4) is 0 Å². The fraction of sp³-hybridized carbons (Fsp3) is 0.444. The summed E-state index contributed by atoms with van der Waals surface area (Å²) >= 11 is 8.65. The molecule has 15 heteroatoms. The Morgan fingerprint density at radius 1 is 0.625 bits per heavy atom. The molecule has 0 fully saturated rings. The molecule has 0 heterocycles. The van der Waals surface area contributed by atoms with Crippen LogP contribution in [0.4, 0.5) is 14.4 Å². The van der Waals surface area contributed by atoms with Crippen molar-refractivity contribution in [3.05, 3.63) is 0 Å². The number of carbonyl (C=O) groups is 5. The van der Waals surface area contributed by atoms with E-state index >= 15 is 0 Å². The molecule has 0 saturated carbocycles. The molecule has 136 valence electrons. The third-order valence-corrected chi connectivity index (χ3v) is 0.605. The molecule has 0 rings (SSSR count). The Bertz CT molecular complexity index is 297. The van der Waals surface area contributed by atoms with E-state index in [1.54, 1.807) is 13.8 Å². The second kappa shape index (κ2) is 38.8. The first-order valence-electron chi connectivity index (χ1n) is 4.93. The molecule has 0 aliphatic rings. The number of thiol groups is 3. The summed E-state index contributed by atoms with van der Waals surface area (Å²) in [5.41, 5.74) is 0. The van der Waals surface area contributed by atoms with Gasteiger partial charge in [0.15, 0.2) is 0 Å². The van der Waals surface area contributed by atoms with E-state index in [0.29, 0.717) is 0 Å². The van der Waals surface area contributed by atoms with Crippen molar-refractivity contribution in [2.75, 3.05) is 0 Å². The molecule has 10 nitrogen and oxygen atoms in total. The van der Waals surface area contributed by atoms with Crippen LogP contribution in [0.25, 0.3) is 0 Å². The van der Waals surface area contributed by atoms with Gasteiger partial charge in [0.25, 0.3) is 0 Å². The first-order chi connectivity index (χ1) is 9.74. The Hall–Kier alpha value is 0.400. The first-order valence-corrected chi connectivity index (χ1v) is 6.27. The number of hydrogen-bond acceptors (Lipinski definition) is 5. The molecule has 0 amide bonds. The van der Waals surface area contributed by atoms with Crippen LogP contribution in [-0.4, -0.2) is 53.4 Å². The minimum absolute atomic E-state index is 0. The van der Waals surface area contributed by atoms with Crippen LogP contribution in [0.5, 0.6) is 0 Å². The predicted octanol–water partition coefficient (Wildman–Crippen LogP) is -3.02. The van der Waals surface area contributed by atoms with E-state index < -0.39 is 27.8 Å². The molecule has 0 unspecified atom stereocenters. The fourth-order valence-corrected chi connectivity index (χ4v) is 0. The zero-order valence-electron chi connectivity index (χ0n) is 15.5. The van der Waals surface area contributed by atoms with Gasteiger partial charge in [0, 0.05) is 12.8 Å². The number of hydrogen-bond donors (Lipinski definition) is 8. The Morgan fingerprint density at radius 3 is 0.667 bits per heavy atom. The standard InChI is InChI=1S/2C3H6O2.3CH2O2S.2Na.2H/c2*1-2-3(4)5;3*2-1(3)4;;;;/h2*2H2,1H3,(H,4,5);3*4H,(H,2,3);;;;/q;;;;;2*+1;2*-1. The van der Waals surface area contributed by atoms with Gasteiger partial charge in [0.05, 0.1) is 0 Å². The van der Waals surface area contributed by atoms with Crippen molar-refractivity contribution in [3.8, 4) is 0 Å². The van der Waals surface area contributed by atoms with Crippen molar-refractivity contribution < 1.29 is 111 Å². The van der Waals surface area contributed by atoms with E-state index in [2.05, 4.69) is 37.9 Å². The maximum absolute atomic E-state index is 9.37. The van der Waals surface area contributed by atoms with Crippen molar-refractivity contribution in [2.45, 2.75) is 26.7 Å². The summed E-state index contributed by atoms with van der Waals surface area (Å²) in [6.45, 7) is 3.20. The number of carboxylic acid groups (broad SMARTS) is 5. The molecule has 0 spiro atoms.